The summed E-state index contributed by atoms with van der Waals surface area (Å²) in [5.74, 6) is -1.11. The molecule has 1 fully saturated rings. The van der Waals surface area contributed by atoms with Gasteiger partial charge < -0.3 is 20.1 Å². The number of aliphatic hydroxyl groups excluding tert-OH is 3. The number of carbonyl (C=O) groups is 2. The normalized spacial score (nSPS) is 42.1. The number of cyclic esters (lactones) is 1. The van der Waals surface area contributed by atoms with Crippen LogP contribution in [-0.2, 0) is 14.3 Å². The standard InChI is InChI=1S/C6H8O6/c7-1-2-3(8)4(9)5(10)6(11)12-2/h1-5,8-10H/t2?,3-,4?,5?/m1/s1. The third kappa shape index (κ3) is 1.31. The van der Waals surface area contributed by atoms with Crippen LogP contribution in [0, 0.1) is 0 Å². The Balaban J connectivity index is 2.76. The van der Waals surface area contributed by atoms with Gasteiger partial charge in [0.15, 0.2) is 18.5 Å². The van der Waals surface area contributed by atoms with Gasteiger partial charge in [-0.05, 0) is 0 Å². The van der Waals surface area contributed by atoms with Crippen LogP contribution in [0.2, 0.25) is 0 Å². The molecule has 0 aromatic carbocycles. The molecule has 6 heteroatoms. The van der Waals surface area contributed by atoms with Crippen LogP contribution in [0.4, 0.5) is 0 Å². The first-order valence-corrected chi connectivity index (χ1v) is 3.28. The Labute approximate surface area is 67.4 Å². The Morgan fingerprint density at radius 2 is 1.83 bits per heavy atom. The van der Waals surface area contributed by atoms with Crippen molar-refractivity contribution < 1.29 is 29.6 Å². The van der Waals surface area contributed by atoms with Crippen LogP contribution in [0.15, 0.2) is 0 Å². The molecule has 1 rings (SSSR count). The van der Waals surface area contributed by atoms with Gasteiger partial charge >= 0.3 is 5.97 Å². The molecule has 0 saturated carbocycles. The van der Waals surface area contributed by atoms with Crippen LogP contribution in [0.5, 0.6) is 0 Å². The SMILES string of the molecule is O=CC1OC(=O)C(O)C(O)[C@@H]1O. The van der Waals surface area contributed by atoms with Crippen molar-refractivity contribution in [2.45, 2.75) is 24.4 Å². The van der Waals surface area contributed by atoms with Crippen molar-refractivity contribution in [2.24, 2.45) is 0 Å². The zero-order chi connectivity index (χ0) is 9.30. The largest absolute Gasteiger partial charge is 0.450 e. The number of hydrogen-bond donors (Lipinski definition) is 3. The van der Waals surface area contributed by atoms with Gasteiger partial charge in [0.25, 0.3) is 0 Å². The minimum absolute atomic E-state index is 0.192. The molecule has 4 atom stereocenters. The summed E-state index contributed by atoms with van der Waals surface area (Å²) in [6.07, 6.45) is -6.21. The van der Waals surface area contributed by atoms with E-state index in [1.54, 1.807) is 0 Å². The van der Waals surface area contributed by atoms with E-state index in [0.29, 0.717) is 0 Å². The van der Waals surface area contributed by atoms with E-state index in [4.69, 9.17) is 15.3 Å². The molecule has 12 heavy (non-hydrogen) atoms. The lowest BCUT2D eigenvalue weighted by Gasteiger charge is -2.31. The minimum atomic E-state index is -1.78. The highest BCUT2D eigenvalue weighted by atomic mass is 16.6. The molecule has 0 aromatic rings. The lowest BCUT2D eigenvalue weighted by Crippen LogP contribution is -2.56. The first-order valence-electron chi connectivity index (χ1n) is 3.28. The lowest BCUT2D eigenvalue weighted by atomic mass is 10.0. The number of carbonyl (C=O) groups excluding carboxylic acids is 2. The number of hydrogen-bond acceptors (Lipinski definition) is 6. The van der Waals surface area contributed by atoms with Crippen molar-refractivity contribution in [3.8, 4) is 0 Å². The van der Waals surface area contributed by atoms with Crippen molar-refractivity contribution in [3.63, 3.8) is 0 Å². The van der Waals surface area contributed by atoms with Gasteiger partial charge in [-0.15, -0.1) is 0 Å². The van der Waals surface area contributed by atoms with Gasteiger partial charge in [-0.3, -0.25) is 4.79 Å². The molecular formula is C6H8O6. The van der Waals surface area contributed by atoms with E-state index in [1.807, 2.05) is 0 Å². The summed E-state index contributed by atoms with van der Waals surface area (Å²) in [4.78, 5) is 20.8. The summed E-state index contributed by atoms with van der Waals surface area (Å²) in [7, 11) is 0. The highest BCUT2D eigenvalue weighted by molar-refractivity contribution is 5.79. The van der Waals surface area contributed by atoms with E-state index in [9.17, 15) is 9.59 Å². The summed E-state index contributed by atoms with van der Waals surface area (Å²) in [6.45, 7) is 0. The molecule has 3 N–H and O–H groups in total. The summed E-state index contributed by atoms with van der Waals surface area (Å²) >= 11 is 0. The lowest BCUT2D eigenvalue weighted by molar-refractivity contribution is -0.200. The Hall–Kier alpha value is -0.980. The van der Waals surface area contributed by atoms with Gasteiger partial charge in [-0.25, -0.2) is 4.79 Å². The highest BCUT2D eigenvalue weighted by Gasteiger charge is 2.43. The topological polar surface area (TPSA) is 104 Å². The Morgan fingerprint density at radius 3 is 2.33 bits per heavy atom. The predicted molar refractivity (Wildman–Crippen MR) is 34.0 cm³/mol. The Bertz CT molecular complexity index is 200. The molecule has 1 aliphatic rings. The number of aldehydes is 1. The average molecular weight is 176 g/mol. The zero-order valence-corrected chi connectivity index (χ0v) is 5.95. The maximum Gasteiger partial charge on any atom is 0.338 e. The van der Waals surface area contributed by atoms with Gasteiger partial charge in [0.1, 0.15) is 12.2 Å². The second-order valence-corrected chi connectivity index (χ2v) is 2.46. The van der Waals surface area contributed by atoms with Crippen LogP contribution in [0.3, 0.4) is 0 Å². The average Bonchev–Trinajstić information content (AvgIpc) is 2.08. The fourth-order valence-corrected chi connectivity index (χ4v) is 0.902. The van der Waals surface area contributed by atoms with E-state index in [-0.39, 0.29) is 6.29 Å². The van der Waals surface area contributed by atoms with Crippen LogP contribution in [0.25, 0.3) is 0 Å². The van der Waals surface area contributed by atoms with Crippen molar-refractivity contribution in [2.75, 3.05) is 0 Å². The van der Waals surface area contributed by atoms with E-state index >= 15 is 0 Å². The third-order valence-electron chi connectivity index (χ3n) is 1.64. The Kier molecular flexibility index (Phi) is 2.41. The number of rotatable bonds is 1. The summed E-state index contributed by atoms with van der Waals surface area (Å²) in [5, 5.41) is 26.8. The maximum atomic E-state index is 10.6. The first kappa shape index (κ1) is 9.11. The Morgan fingerprint density at radius 1 is 1.25 bits per heavy atom. The van der Waals surface area contributed by atoms with E-state index in [0.717, 1.165) is 0 Å². The molecule has 3 unspecified atom stereocenters. The molecule has 1 heterocycles. The molecule has 1 aliphatic heterocycles. The van der Waals surface area contributed by atoms with Crippen LogP contribution in [0.1, 0.15) is 0 Å². The van der Waals surface area contributed by atoms with Gasteiger partial charge in [-0.1, -0.05) is 0 Å². The molecular weight excluding hydrogens is 168 g/mol. The summed E-state index contributed by atoms with van der Waals surface area (Å²) in [5.41, 5.74) is 0. The number of aliphatic hydroxyl groups is 3. The van der Waals surface area contributed by atoms with E-state index in [2.05, 4.69) is 4.74 Å². The van der Waals surface area contributed by atoms with Crippen molar-refractivity contribution >= 4 is 12.3 Å². The first-order chi connectivity index (χ1) is 5.57. The van der Waals surface area contributed by atoms with Gasteiger partial charge in [0.05, 0.1) is 0 Å². The third-order valence-corrected chi connectivity index (χ3v) is 1.64. The molecule has 0 bridgehead atoms. The second kappa shape index (κ2) is 3.18. The molecule has 0 amide bonds. The minimum Gasteiger partial charge on any atom is -0.450 e. The van der Waals surface area contributed by atoms with Crippen LogP contribution < -0.4 is 0 Å². The summed E-state index contributed by atoms with van der Waals surface area (Å²) < 4.78 is 4.26. The van der Waals surface area contributed by atoms with Gasteiger partial charge in [-0.2, -0.15) is 0 Å². The van der Waals surface area contributed by atoms with E-state index in [1.165, 1.54) is 0 Å². The van der Waals surface area contributed by atoms with Crippen LogP contribution >= 0.6 is 0 Å². The van der Waals surface area contributed by atoms with Crippen molar-refractivity contribution in [1.82, 2.24) is 0 Å². The van der Waals surface area contributed by atoms with Crippen LogP contribution in [-0.4, -0.2) is 52.0 Å². The molecule has 0 radical (unpaired) electrons. The molecule has 0 spiro atoms. The van der Waals surface area contributed by atoms with Gasteiger partial charge in [0.2, 0.25) is 0 Å². The molecule has 0 aliphatic carbocycles. The molecule has 68 valence electrons. The predicted octanol–water partition coefficient (Wildman–Crippen LogP) is -2.81. The zero-order valence-electron chi connectivity index (χ0n) is 5.95. The maximum absolute atomic E-state index is 10.6. The van der Waals surface area contributed by atoms with Crippen molar-refractivity contribution in [3.05, 3.63) is 0 Å². The fraction of sp³-hybridized carbons (Fsp3) is 0.667. The monoisotopic (exact) mass is 176 g/mol. The van der Waals surface area contributed by atoms with E-state index < -0.39 is 30.4 Å². The van der Waals surface area contributed by atoms with Crippen molar-refractivity contribution in [1.29, 1.82) is 0 Å². The smallest absolute Gasteiger partial charge is 0.338 e. The molecule has 1 saturated heterocycles. The quantitative estimate of drug-likeness (QED) is 0.294. The second-order valence-electron chi connectivity index (χ2n) is 2.46. The number of ether oxygens (including phenoxy) is 1. The number of esters is 1. The molecule has 6 nitrogen and oxygen atoms in total. The molecule has 0 aromatic heterocycles. The summed E-state index contributed by atoms with van der Waals surface area (Å²) in [6, 6.07) is 0. The van der Waals surface area contributed by atoms with Gasteiger partial charge in [0, 0.05) is 0 Å². The highest BCUT2D eigenvalue weighted by Crippen LogP contribution is 2.14. The fourth-order valence-electron chi connectivity index (χ4n) is 0.902.